The smallest absolute Gasteiger partial charge is 0.231 e. The Morgan fingerprint density at radius 3 is 2.13 bits per heavy atom. The minimum Gasteiger partial charge on any atom is -0.454 e. The molecular formula is C31H36N2O6. The Balaban J connectivity index is 1.45. The number of carbonyl (C=O) groups is 2. The van der Waals surface area contributed by atoms with Crippen LogP contribution in [0.2, 0.25) is 0 Å². The molecule has 1 fully saturated rings. The Hall–Kier alpha value is -3.68. The number of nitrogens with zero attached hydrogens (tertiary/aromatic N) is 1. The van der Waals surface area contributed by atoms with Crippen LogP contribution in [0.1, 0.15) is 56.1 Å². The van der Waals surface area contributed by atoms with Crippen LogP contribution in [0, 0.1) is 17.8 Å². The lowest BCUT2D eigenvalue weighted by molar-refractivity contribution is -0.142. The van der Waals surface area contributed by atoms with Crippen molar-refractivity contribution >= 4 is 11.8 Å². The molecule has 2 aromatic rings. The zero-order valence-corrected chi connectivity index (χ0v) is 22.6. The molecule has 3 aliphatic heterocycles. The van der Waals surface area contributed by atoms with Crippen molar-refractivity contribution in [2.75, 3.05) is 33.2 Å². The molecule has 6 rings (SSSR count). The number of amides is 2. The molecule has 2 aromatic carbocycles. The van der Waals surface area contributed by atoms with Gasteiger partial charge in [0.25, 0.3) is 0 Å². The average molecular weight is 533 g/mol. The number of benzene rings is 2. The number of hydrogen-bond acceptors (Lipinski definition) is 6. The SMILES string of the molecule is CC(C)CNC(=O)[C@H]1[C@H](c2ccc3c(c2)OCO3)[C@H](c2ccc3c(c2)OCO3)C=C[C@@H]1C(=O)N1CCCCC1. The van der Waals surface area contributed by atoms with E-state index < -0.39 is 11.8 Å². The number of rotatable bonds is 6. The standard InChI is InChI=1S/C31H36N2O6/c1-19(2)16-32-30(34)29-23(31(35)33-12-4-3-5-13-33)9-8-22(20-6-10-24-26(14-20)38-17-36-24)28(29)21-7-11-25-27(15-21)39-18-37-25/h6-11,14-15,19,22-23,28-29H,3-5,12-13,16-18H2,1-2H3,(H,32,34)/t22-,23-,28+,29+/m0/s1. The van der Waals surface area contributed by atoms with E-state index in [1.54, 1.807) is 0 Å². The van der Waals surface area contributed by atoms with Crippen molar-refractivity contribution in [1.29, 1.82) is 0 Å². The molecule has 0 radical (unpaired) electrons. The molecule has 8 heteroatoms. The van der Waals surface area contributed by atoms with E-state index in [9.17, 15) is 9.59 Å². The maximum Gasteiger partial charge on any atom is 0.231 e. The molecule has 0 bridgehead atoms. The number of hydrogen-bond donors (Lipinski definition) is 1. The summed E-state index contributed by atoms with van der Waals surface area (Å²) in [6.07, 6.45) is 7.20. The van der Waals surface area contributed by atoms with Crippen molar-refractivity contribution in [3.63, 3.8) is 0 Å². The first-order valence-corrected chi connectivity index (χ1v) is 14.0. The van der Waals surface area contributed by atoms with Crippen LogP contribution in [-0.2, 0) is 9.59 Å². The zero-order chi connectivity index (χ0) is 26.9. The fourth-order valence-electron chi connectivity index (χ4n) is 6.21. The van der Waals surface area contributed by atoms with E-state index in [-0.39, 0.29) is 43.2 Å². The average Bonchev–Trinajstić information content (AvgIpc) is 3.64. The highest BCUT2D eigenvalue weighted by molar-refractivity contribution is 5.90. The molecule has 0 saturated carbocycles. The highest BCUT2D eigenvalue weighted by Gasteiger charge is 2.46. The van der Waals surface area contributed by atoms with Crippen molar-refractivity contribution in [3.8, 4) is 23.0 Å². The summed E-state index contributed by atoms with van der Waals surface area (Å²) >= 11 is 0. The van der Waals surface area contributed by atoms with Gasteiger partial charge in [-0.05, 0) is 60.6 Å². The molecule has 1 aliphatic carbocycles. The van der Waals surface area contributed by atoms with Crippen molar-refractivity contribution in [3.05, 3.63) is 59.7 Å². The van der Waals surface area contributed by atoms with Crippen molar-refractivity contribution in [2.45, 2.75) is 44.9 Å². The third-order valence-corrected chi connectivity index (χ3v) is 8.19. The van der Waals surface area contributed by atoms with Gasteiger partial charge in [-0.1, -0.05) is 38.1 Å². The molecule has 2 amide bonds. The summed E-state index contributed by atoms with van der Waals surface area (Å²) in [7, 11) is 0. The second kappa shape index (κ2) is 10.8. The Morgan fingerprint density at radius 1 is 0.846 bits per heavy atom. The second-order valence-corrected chi connectivity index (χ2v) is 11.2. The largest absolute Gasteiger partial charge is 0.454 e. The molecule has 4 atom stereocenters. The van der Waals surface area contributed by atoms with Crippen molar-refractivity contribution in [1.82, 2.24) is 10.2 Å². The number of piperidine rings is 1. The summed E-state index contributed by atoms with van der Waals surface area (Å²) in [5.74, 6) is 1.34. The minimum atomic E-state index is -0.598. The summed E-state index contributed by atoms with van der Waals surface area (Å²) in [5.41, 5.74) is 1.94. The molecule has 39 heavy (non-hydrogen) atoms. The number of nitrogens with one attached hydrogen (secondary N) is 1. The van der Waals surface area contributed by atoms with Gasteiger partial charge in [-0.3, -0.25) is 9.59 Å². The lowest BCUT2D eigenvalue weighted by Crippen LogP contribution is -2.49. The molecule has 0 unspecified atom stereocenters. The first-order valence-electron chi connectivity index (χ1n) is 14.0. The van der Waals surface area contributed by atoms with Crippen molar-refractivity contribution < 1.29 is 28.5 Å². The Labute approximate surface area is 229 Å². The van der Waals surface area contributed by atoms with Gasteiger partial charge in [-0.2, -0.15) is 0 Å². The Kier molecular flexibility index (Phi) is 7.11. The second-order valence-electron chi connectivity index (χ2n) is 11.2. The monoisotopic (exact) mass is 532 g/mol. The topological polar surface area (TPSA) is 86.3 Å². The quantitative estimate of drug-likeness (QED) is 0.548. The maximum absolute atomic E-state index is 14.1. The number of allylic oxidation sites excluding steroid dienone is 1. The van der Waals surface area contributed by atoms with Gasteiger partial charge < -0.3 is 29.2 Å². The van der Waals surface area contributed by atoms with Crippen LogP contribution in [0.4, 0.5) is 0 Å². The Morgan fingerprint density at radius 2 is 1.46 bits per heavy atom. The minimum absolute atomic E-state index is 0.0329. The van der Waals surface area contributed by atoms with Crippen LogP contribution in [-0.4, -0.2) is 49.9 Å². The first kappa shape index (κ1) is 25.6. The fourth-order valence-corrected chi connectivity index (χ4v) is 6.21. The molecule has 206 valence electrons. The van der Waals surface area contributed by atoms with E-state index >= 15 is 0 Å². The summed E-state index contributed by atoms with van der Waals surface area (Å²) in [6, 6.07) is 11.8. The van der Waals surface area contributed by atoms with Gasteiger partial charge in [-0.25, -0.2) is 0 Å². The van der Waals surface area contributed by atoms with Crippen LogP contribution in [0.5, 0.6) is 23.0 Å². The highest BCUT2D eigenvalue weighted by Crippen LogP contribution is 2.50. The number of carbonyl (C=O) groups excluding carboxylic acids is 2. The van der Waals surface area contributed by atoms with Gasteiger partial charge in [0.05, 0.1) is 11.8 Å². The van der Waals surface area contributed by atoms with Crippen LogP contribution in [0.3, 0.4) is 0 Å². The summed E-state index contributed by atoms with van der Waals surface area (Å²) < 4.78 is 22.5. The molecule has 8 nitrogen and oxygen atoms in total. The van der Waals surface area contributed by atoms with E-state index in [0.29, 0.717) is 29.5 Å². The van der Waals surface area contributed by atoms with Gasteiger partial charge in [-0.15, -0.1) is 0 Å². The van der Waals surface area contributed by atoms with Gasteiger partial charge in [0.1, 0.15) is 0 Å². The van der Waals surface area contributed by atoms with Gasteiger partial charge in [0, 0.05) is 31.5 Å². The van der Waals surface area contributed by atoms with Crippen molar-refractivity contribution in [2.24, 2.45) is 17.8 Å². The fraction of sp³-hybridized carbons (Fsp3) is 0.484. The molecule has 0 spiro atoms. The molecular weight excluding hydrogens is 496 g/mol. The summed E-state index contributed by atoms with van der Waals surface area (Å²) in [6.45, 7) is 6.53. The lowest BCUT2D eigenvalue weighted by atomic mass is 9.64. The summed E-state index contributed by atoms with van der Waals surface area (Å²) in [4.78, 5) is 30.0. The third-order valence-electron chi connectivity index (χ3n) is 8.19. The first-order chi connectivity index (χ1) is 19.0. The predicted molar refractivity (Wildman–Crippen MR) is 145 cm³/mol. The van der Waals surface area contributed by atoms with Gasteiger partial charge in [0.2, 0.25) is 25.4 Å². The Bertz CT molecular complexity index is 1270. The van der Waals surface area contributed by atoms with Crippen LogP contribution in [0.15, 0.2) is 48.6 Å². The van der Waals surface area contributed by atoms with E-state index in [2.05, 4.69) is 25.2 Å². The predicted octanol–water partition coefficient (Wildman–Crippen LogP) is 4.60. The molecule has 0 aromatic heterocycles. The molecule has 1 saturated heterocycles. The van der Waals surface area contributed by atoms with Gasteiger partial charge in [0.15, 0.2) is 23.0 Å². The normalized spacial score (nSPS) is 25.2. The highest BCUT2D eigenvalue weighted by atomic mass is 16.7. The van der Waals surface area contributed by atoms with Crippen LogP contribution in [0.25, 0.3) is 0 Å². The zero-order valence-electron chi connectivity index (χ0n) is 22.6. The van der Waals surface area contributed by atoms with Gasteiger partial charge >= 0.3 is 0 Å². The van der Waals surface area contributed by atoms with Crippen LogP contribution < -0.4 is 24.3 Å². The van der Waals surface area contributed by atoms with E-state index in [0.717, 1.165) is 43.5 Å². The van der Waals surface area contributed by atoms with E-state index in [1.807, 2.05) is 47.4 Å². The molecule has 4 aliphatic rings. The lowest BCUT2D eigenvalue weighted by Gasteiger charge is -2.41. The third kappa shape index (κ3) is 5.04. The number of ether oxygens (including phenoxy) is 4. The van der Waals surface area contributed by atoms with E-state index in [1.165, 1.54) is 0 Å². The number of likely N-dealkylation sites (tertiary alicyclic amines) is 1. The maximum atomic E-state index is 14.1. The summed E-state index contributed by atoms with van der Waals surface area (Å²) in [5, 5.41) is 3.16. The molecule has 3 heterocycles. The molecule has 1 N–H and O–H groups in total. The number of fused-ring (bicyclic) bond motifs is 2. The van der Waals surface area contributed by atoms with Crippen LogP contribution >= 0.6 is 0 Å². The van der Waals surface area contributed by atoms with E-state index in [4.69, 9.17) is 18.9 Å².